The van der Waals surface area contributed by atoms with Crippen molar-refractivity contribution < 1.29 is 52.1 Å². The van der Waals surface area contributed by atoms with Gasteiger partial charge in [-0.2, -0.15) is 0 Å². The molecule has 11 nitrogen and oxygen atoms in total. The van der Waals surface area contributed by atoms with E-state index in [0.29, 0.717) is 76.8 Å². The smallest absolute Gasteiger partial charge is 0.0622 e. The molecule has 3 heterocycles. The zero-order chi connectivity index (χ0) is 65.0. The Bertz CT molecular complexity index is 3410. The fraction of sp³-hybridized carbons (Fsp3) is 0.415. The fourth-order valence-electron chi connectivity index (χ4n) is 13.1. The monoisotopic (exact) mass is 1340 g/mol. The van der Waals surface area contributed by atoms with Crippen molar-refractivity contribution in [3.05, 3.63) is 280 Å². The summed E-state index contributed by atoms with van der Waals surface area (Å²) in [6, 6.07) is 77.2. The summed E-state index contributed by atoms with van der Waals surface area (Å²) in [4.78, 5) is 0.108. The van der Waals surface area contributed by atoms with E-state index in [0.717, 1.165) is 45.4 Å². The topological polar surface area (TPSA) is 102 Å². The summed E-state index contributed by atoms with van der Waals surface area (Å²) in [5.74, 6) is 1.00. The predicted octanol–water partition coefficient (Wildman–Crippen LogP) is 16.0. The number of methoxy groups -OCH3 is 1. The van der Waals surface area contributed by atoms with Crippen molar-refractivity contribution in [3.8, 4) is 0 Å². The SMILES string of the molecule is CO[C@H]1O[C@H](C[C@H]2C[C@H]([Se]c3c(C(C)C)cc(C(C)C)cc3C(C)C)[C@@H](C[C@H]3O[C@H](COCc4ccccc4)[C@@H](OCc4ccccc4)[C@H](OCc4ccccc4)[C@H]3OCc3ccccc3)O2)[C@@H](OCc2ccccc2)[C@H](OCc2ccccc2)[C@H]1OCc1ccccc1. The van der Waals surface area contributed by atoms with Gasteiger partial charge in [-0.3, -0.25) is 0 Å². The van der Waals surface area contributed by atoms with Gasteiger partial charge in [0.1, 0.15) is 0 Å². The molecule has 0 aliphatic carbocycles. The zero-order valence-electron chi connectivity index (χ0n) is 55.8. The molecule has 3 saturated heterocycles. The van der Waals surface area contributed by atoms with Gasteiger partial charge in [-0.15, -0.1) is 0 Å². The van der Waals surface area contributed by atoms with Crippen LogP contribution in [0.25, 0.3) is 0 Å². The summed E-state index contributed by atoms with van der Waals surface area (Å²) in [5.41, 5.74) is 11.6. The zero-order valence-corrected chi connectivity index (χ0v) is 57.5. The van der Waals surface area contributed by atoms with Crippen LogP contribution in [0.3, 0.4) is 0 Å². The van der Waals surface area contributed by atoms with Crippen LogP contribution in [0, 0.1) is 0 Å². The van der Waals surface area contributed by atoms with Crippen molar-refractivity contribution in [2.24, 2.45) is 0 Å². The van der Waals surface area contributed by atoms with Crippen molar-refractivity contribution >= 4 is 19.4 Å². The maximum absolute atomic E-state index is 7.80. The number of hydrogen-bond donors (Lipinski definition) is 0. The summed E-state index contributed by atoms with van der Waals surface area (Å²) in [5, 5.41) is 0. The van der Waals surface area contributed by atoms with Gasteiger partial charge in [0.15, 0.2) is 0 Å². The molecular formula is C82H96O11Se. The third kappa shape index (κ3) is 19.1. The molecule has 0 N–H and O–H groups in total. The summed E-state index contributed by atoms with van der Waals surface area (Å²) < 4.78 is 80.4. The predicted molar refractivity (Wildman–Crippen MR) is 371 cm³/mol. The van der Waals surface area contributed by atoms with Crippen molar-refractivity contribution in [2.75, 3.05) is 13.7 Å². The van der Waals surface area contributed by atoms with Crippen LogP contribution in [-0.4, -0.2) is 102 Å². The summed E-state index contributed by atoms with van der Waals surface area (Å²) in [6.45, 7) is 16.7. The third-order valence-electron chi connectivity index (χ3n) is 18.2. The van der Waals surface area contributed by atoms with Crippen molar-refractivity contribution in [1.82, 2.24) is 0 Å². The molecular weight excluding hydrogens is 1240 g/mol. The molecule has 0 bridgehead atoms. The van der Waals surface area contributed by atoms with Crippen LogP contribution >= 0.6 is 0 Å². The normalized spacial score (nSPS) is 24.7. The first-order valence-corrected chi connectivity index (χ1v) is 35.8. The van der Waals surface area contributed by atoms with Crippen LogP contribution < -0.4 is 4.46 Å². The average molecular weight is 1340 g/mol. The molecule has 0 spiro atoms. The van der Waals surface area contributed by atoms with Gasteiger partial charge < -0.3 is 0 Å². The van der Waals surface area contributed by atoms with E-state index in [2.05, 4.69) is 163 Å². The number of benzene rings is 8. The molecule has 3 fully saturated rings. The Hall–Kier alpha value is -6.16. The van der Waals surface area contributed by atoms with Crippen LogP contribution in [0.4, 0.5) is 0 Å². The van der Waals surface area contributed by atoms with Crippen LogP contribution in [0.15, 0.2) is 224 Å². The van der Waals surface area contributed by atoms with E-state index in [1.807, 2.05) is 103 Å². The van der Waals surface area contributed by atoms with E-state index >= 15 is 0 Å². The second-order valence-electron chi connectivity index (χ2n) is 26.2. The maximum atomic E-state index is 7.80. The first-order chi connectivity index (χ1) is 46.0. The van der Waals surface area contributed by atoms with Crippen molar-refractivity contribution in [1.29, 1.82) is 0 Å². The van der Waals surface area contributed by atoms with Crippen LogP contribution in [0.2, 0.25) is 4.82 Å². The first kappa shape index (κ1) is 69.2. The average Bonchev–Trinajstić information content (AvgIpc) is 1.28. The van der Waals surface area contributed by atoms with E-state index in [1.54, 1.807) is 7.11 Å². The van der Waals surface area contributed by atoms with E-state index in [-0.39, 0.29) is 38.6 Å². The number of rotatable bonds is 32. The quantitative estimate of drug-likeness (QED) is 0.0377. The number of hydrogen-bond acceptors (Lipinski definition) is 11. The van der Waals surface area contributed by atoms with Gasteiger partial charge in [0.05, 0.1) is 0 Å². The Kier molecular flexibility index (Phi) is 25.9. The summed E-state index contributed by atoms with van der Waals surface area (Å²) in [7, 11) is 1.69. The molecule has 0 amide bonds. The molecule has 3 aliphatic rings. The standard InChI is InChI=1S/C82H96O11Se/c1-56(2)66-43-68(57(3)4)81(69(44-66)58(5)6)94-74-46-67(45-71-75(85-49-60-31-17-9-18-32-60)79(89-53-64-39-25-13-26-40-64)80(82(83-7)93-71)90-54-65-41-27-14-28-42-65)91-70(74)47-72-76(86-50-61-33-19-10-20-34-61)78(88-52-63-37-23-12-24-38-63)77(87-51-62-35-21-11-22-36-62)73(92-72)55-84-48-59-29-15-8-16-30-59/h8-44,56-58,67,70-80,82H,45-55H2,1-7H3/t67-,70+,71+,72+,73+,74-,75+,76-,77+,78+,79-,80+,82-/m0/s1. The Morgan fingerprint density at radius 1 is 0.362 bits per heavy atom. The molecule has 8 aromatic rings. The van der Waals surface area contributed by atoms with Gasteiger partial charge in [0.2, 0.25) is 0 Å². The first-order valence-electron chi connectivity index (χ1n) is 33.9. The molecule has 8 aromatic carbocycles. The molecule has 11 rings (SSSR count). The minimum absolute atomic E-state index is 0.0602. The van der Waals surface area contributed by atoms with Crippen LogP contribution in [0.1, 0.15) is 134 Å². The second kappa shape index (κ2) is 35.2. The molecule has 0 saturated carbocycles. The summed E-state index contributed by atoms with van der Waals surface area (Å²) >= 11 is -0.0602. The van der Waals surface area contributed by atoms with Gasteiger partial charge in [0, 0.05) is 0 Å². The van der Waals surface area contributed by atoms with Gasteiger partial charge in [-0.25, -0.2) is 0 Å². The molecule has 0 radical (unpaired) electrons. The Morgan fingerprint density at radius 2 is 0.702 bits per heavy atom. The molecule has 12 heteroatoms. The minimum atomic E-state index is -0.783. The molecule has 0 unspecified atom stereocenters. The Morgan fingerprint density at radius 3 is 1.07 bits per heavy atom. The second-order valence-corrected chi connectivity index (χ2v) is 28.8. The fourth-order valence-corrected chi connectivity index (χ4v) is 16.9. The van der Waals surface area contributed by atoms with Crippen LogP contribution in [0.5, 0.6) is 0 Å². The summed E-state index contributed by atoms with van der Waals surface area (Å²) in [6.07, 6.45) is -4.70. The van der Waals surface area contributed by atoms with Crippen molar-refractivity contribution in [3.63, 3.8) is 0 Å². The molecule has 0 aromatic heterocycles. The molecule has 13 atom stereocenters. The van der Waals surface area contributed by atoms with E-state index in [1.165, 1.54) is 21.2 Å². The molecule has 3 aliphatic heterocycles. The van der Waals surface area contributed by atoms with Gasteiger partial charge >= 0.3 is 532 Å². The van der Waals surface area contributed by atoms with Crippen LogP contribution in [-0.2, 0) is 98.4 Å². The van der Waals surface area contributed by atoms with Gasteiger partial charge in [-0.05, 0) is 0 Å². The van der Waals surface area contributed by atoms with E-state index in [4.69, 9.17) is 52.1 Å². The van der Waals surface area contributed by atoms with Gasteiger partial charge in [0.25, 0.3) is 0 Å². The van der Waals surface area contributed by atoms with E-state index < -0.39 is 61.2 Å². The Labute approximate surface area is 565 Å². The van der Waals surface area contributed by atoms with E-state index in [9.17, 15) is 0 Å². The third-order valence-corrected chi connectivity index (χ3v) is 21.4. The molecule has 94 heavy (non-hydrogen) atoms. The van der Waals surface area contributed by atoms with Crippen molar-refractivity contribution in [2.45, 2.75) is 203 Å². The minimum Gasteiger partial charge on any atom is -0.0622 e. The Balaban J connectivity index is 0.981. The van der Waals surface area contributed by atoms with Gasteiger partial charge in [-0.1, -0.05) is 36.4 Å². The number of ether oxygens (including phenoxy) is 11. The molecule has 496 valence electrons.